The number of halogens is 3. The third kappa shape index (κ3) is 6.99. The number of rotatable bonds is 8. The van der Waals surface area contributed by atoms with Crippen molar-refractivity contribution < 1.29 is 57.7 Å². The molecule has 0 bridgehead atoms. The summed E-state index contributed by atoms with van der Waals surface area (Å²) in [5, 5.41) is 3.61. The van der Waals surface area contributed by atoms with E-state index in [1.54, 1.807) is 25.8 Å². The quantitative estimate of drug-likeness (QED) is 0.266. The van der Waals surface area contributed by atoms with Crippen LogP contribution in [0.15, 0.2) is 20.7 Å². The molecule has 1 aliphatic carbocycles. The van der Waals surface area contributed by atoms with Crippen LogP contribution in [0.2, 0.25) is 6.04 Å². The van der Waals surface area contributed by atoms with Crippen molar-refractivity contribution in [1.82, 2.24) is 0 Å². The van der Waals surface area contributed by atoms with Gasteiger partial charge in [0.15, 0.2) is 0 Å². The zero-order chi connectivity index (χ0) is 19.4. The molecule has 0 fully saturated rings. The van der Waals surface area contributed by atoms with Gasteiger partial charge in [0.05, 0.1) is 0 Å². The molecule has 1 aromatic carbocycles. The zero-order valence-electron chi connectivity index (χ0n) is 19.2. The number of hydrogen-bond acceptors (Lipinski definition) is 0. The summed E-state index contributed by atoms with van der Waals surface area (Å²) in [4.78, 5) is 0. The number of benzene rings is 1. The van der Waals surface area contributed by atoms with Crippen molar-refractivity contribution in [3.05, 3.63) is 48.5 Å². The summed E-state index contributed by atoms with van der Waals surface area (Å²) in [6.45, 7) is 16.5. The molecule has 0 saturated heterocycles. The van der Waals surface area contributed by atoms with Gasteiger partial charge in [-0.25, -0.2) is 0 Å². The second-order valence-electron chi connectivity index (χ2n) is 8.16. The Labute approximate surface area is 212 Å². The maximum absolute atomic E-state index is 2.55. The largest absolute Gasteiger partial charge is 1.00 e. The Morgan fingerprint density at radius 1 is 0.793 bits per heavy atom. The first-order valence-corrected chi connectivity index (χ1v) is 13.3. The monoisotopic (exact) mass is 506 g/mol. The van der Waals surface area contributed by atoms with Crippen molar-refractivity contribution in [2.24, 2.45) is 0 Å². The van der Waals surface area contributed by atoms with Crippen molar-refractivity contribution in [3.8, 4) is 0 Å². The number of allylic oxidation sites excluding steroid dienone is 4. The van der Waals surface area contributed by atoms with Crippen LogP contribution >= 0.6 is 0 Å². The van der Waals surface area contributed by atoms with E-state index in [2.05, 4.69) is 75.0 Å². The van der Waals surface area contributed by atoms with Crippen LogP contribution in [0.3, 0.4) is 0 Å². The summed E-state index contributed by atoms with van der Waals surface area (Å²) in [5.74, 6) is 0. The summed E-state index contributed by atoms with van der Waals surface area (Å²) < 4.78 is 1.68. The average Bonchev–Trinajstić information content (AvgIpc) is 2.98. The Hall–Kier alpha value is 0.501. The van der Waals surface area contributed by atoms with Gasteiger partial charge in [-0.2, -0.15) is 0 Å². The first kappa shape index (κ1) is 31.7. The summed E-state index contributed by atoms with van der Waals surface area (Å²) in [5.41, 5.74) is 9.48. The van der Waals surface area contributed by atoms with Gasteiger partial charge in [0.1, 0.15) is 0 Å². The van der Waals surface area contributed by atoms with Crippen molar-refractivity contribution in [2.75, 3.05) is 0 Å². The predicted molar refractivity (Wildman–Crippen MR) is 116 cm³/mol. The molecular formula is C24H37Cl3SiTi. The van der Waals surface area contributed by atoms with Crippen molar-refractivity contribution in [3.63, 3.8) is 0 Å². The normalized spacial score (nSPS) is 14.0. The SMILES string of the molecule is CCCCC[SiH](C1=[C]([Ti+3])CC=C1CCC)c1c(C)c(C)c(C)c(C)c1C.[Cl-].[Cl-].[Cl-]. The van der Waals surface area contributed by atoms with Crippen molar-refractivity contribution in [2.45, 2.75) is 93.0 Å². The van der Waals surface area contributed by atoms with E-state index in [9.17, 15) is 0 Å². The zero-order valence-corrected chi connectivity index (χ0v) is 24.2. The number of hydrogen-bond donors (Lipinski definition) is 0. The molecule has 0 spiro atoms. The van der Waals surface area contributed by atoms with Crippen LogP contribution in [0.1, 0.15) is 80.2 Å². The Morgan fingerprint density at radius 3 is 1.79 bits per heavy atom. The second-order valence-corrected chi connectivity index (χ2v) is 11.9. The molecule has 1 aliphatic rings. The number of unbranched alkanes of at least 4 members (excludes halogenated alkanes) is 2. The maximum atomic E-state index is 2.55. The van der Waals surface area contributed by atoms with E-state index in [1.165, 1.54) is 61.3 Å². The topological polar surface area (TPSA) is 0 Å². The van der Waals surface area contributed by atoms with Crippen LogP contribution in [-0.2, 0) is 20.4 Å². The van der Waals surface area contributed by atoms with Gasteiger partial charge in [-0.05, 0) is 0 Å². The van der Waals surface area contributed by atoms with E-state index in [4.69, 9.17) is 0 Å². The third-order valence-electron chi connectivity index (χ3n) is 6.59. The van der Waals surface area contributed by atoms with Gasteiger partial charge in [-0.3, -0.25) is 0 Å². The van der Waals surface area contributed by atoms with Crippen molar-refractivity contribution in [1.29, 1.82) is 0 Å². The van der Waals surface area contributed by atoms with Gasteiger partial charge in [-0.15, -0.1) is 0 Å². The molecule has 0 nitrogen and oxygen atoms in total. The molecule has 162 valence electrons. The van der Waals surface area contributed by atoms with Gasteiger partial charge in [0.2, 0.25) is 0 Å². The smallest absolute Gasteiger partial charge is 1.00 e. The van der Waals surface area contributed by atoms with E-state index in [0.717, 1.165) is 0 Å². The van der Waals surface area contributed by atoms with Crippen molar-refractivity contribution >= 4 is 14.0 Å². The summed E-state index contributed by atoms with van der Waals surface area (Å²) in [7, 11) is -1.17. The van der Waals surface area contributed by atoms with Gasteiger partial charge < -0.3 is 37.2 Å². The molecule has 0 N–H and O–H groups in total. The first-order valence-electron chi connectivity index (χ1n) is 10.6. The Kier molecular flexibility index (Phi) is 15.9. The predicted octanol–water partition coefficient (Wildman–Crippen LogP) is -2.66. The average molecular weight is 508 g/mol. The van der Waals surface area contributed by atoms with Gasteiger partial charge in [0.25, 0.3) is 0 Å². The molecule has 2 rings (SSSR count). The molecule has 5 heteroatoms. The molecule has 0 heterocycles. The molecule has 0 amide bonds. The second kappa shape index (κ2) is 14.5. The van der Waals surface area contributed by atoms with Crippen LogP contribution in [0, 0.1) is 34.6 Å². The summed E-state index contributed by atoms with van der Waals surface area (Å²) in [6, 6.07) is 1.44. The minimum atomic E-state index is -1.17. The van der Waals surface area contributed by atoms with Gasteiger partial charge in [0, 0.05) is 0 Å². The minimum Gasteiger partial charge on any atom is -1.00 e. The van der Waals surface area contributed by atoms with Crippen LogP contribution in [-0.4, -0.2) is 8.80 Å². The van der Waals surface area contributed by atoms with E-state index < -0.39 is 8.80 Å². The third-order valence-corrected chi connectivity index (χ3v) is 11.7. The maximum Gasteiger partial charge on any atom is -1.00 e. The molecule has 1 atom stereocenters. The summed E-state index contributed by atoms with van der Waals surface area (Å²) in [6.07, 6.45) is 10.4. The van der Waals surface area contributed by atoms with E-state index >= 15 is 0 Å². The fourth-order valence-electron chi connectivity index (χ4n) is 4.66. The Balaban J connectivity index is 0. The van der Waals surface area contributed by atoms with Crippen LogP contribution in [0.5, 0.6) is 0 Å². The summed E-state index contributed by atoms with van der Waals surface area (Å²) >= 11 is 2.41. The molecule has 1 aromatic rings. The molecule has 1 unspecified atom stereocenters. The van der Waals surface area contributed by atoms with E-state index in [1.807, 2.05) is 5.20 Å². The molecular weight excluding hydrogens is 471 g/mol. The van der Waals surface area contributed by atoms with Crippen LogP contribution in [0.25, 0.3) is 0 Å². The van der Waals surface area contributed by atoms with Crippen LogP contribution < -0.4 is 42.4 Å². The molecule has 0 aliphatic heterocycles. The minimum absolute atomic E-state index is 0. The van der Waals surface area contributed by atoms with E-state index in [-0.39, 0.29) is 37.2 Å². The Morgan fingerprint density at radius 2 is 1.31 bits per heavy atom. The molecule has 29 heavy (non-hydrogen) atoms. The van der Waals surface area contributed by atoms with E-state index in [0.29, 0.717) is 0 Å². The van der Waals surface area contributed by atoms with Crippen LogP contribution in [0.4, 0.5) is 0 Å². The standard InChI is InChI=1S/C24H37Si.3ClH.Ti/c1-8-10-11-16-25(23-15-12-14-22(23)13-9-2)24-20(6)18(4)17(3)19(5)21(24)7;;;;/h14,25H,8-13,16H2,1-7H3;3*1H;/q;;;;+3/p-3. The van der Waals surface area contributed by atoms with Gasteiger partial charge >= 0.3 is 176 Å². The molecule has 0 aromatic heterocycles. The fourth-order valence-corrected chi connectivity index (χ4v) is 10.2. The Bertz CT molecular complexity index is 709. The first-order chi connectivity index (χ1) is 12.3. The molecule has 0 saturated carbocycles. The fraction of sp³-hybridized carbons (Fsp3) is 0.583. The molecule has 0 radical (unpaired) electrons. The van der Waals surface area contributed by atoms with Gasteiger partial charge in [-0.1, -0.05) is 0 Å².